The lowest BCUT2D eigenvalue weighted by Crippen LogP contribution is -2.12. The van der Waals surface area contributed by atoms with Gasteiger partial charge in [-0.3, -0.25) is 4.79 Å². The van der Waals surface area contributed by atoms with E-state index in [1.165, 1.54) is 23.7 Å². The van der Waals surface area contributed by atoms with Crippen molar-refractivity contribution in [3.8, 4) is 10.7 Å². The van der Waals surface area contributed by atoms with Crippen molar-refractivity contribution in [2.75, 3.05) is 5.32 Å². The van der Waals surface area contributed by atoms with Gasteiger partial charge in [-0.25, -0.2) is 19.7 Å². The lowest BCUT2D eigenvalue weighted by Gasteiger charge is -2.08. The van der Waals surface area contributed by atoms with E-state index in [1.54, 1.807) is 24.3 Å². The fourth-order valence-corrected chi connectivity index (χ4v) is 4.27. The van der Waals surface area contributed by atoms with E-state index in [0.29, 0.717) is 16.3 Å². The molecule has 0 aliphatic rings. The third-order valence-corrected chi connectivity index (χ3v) is 6.05. The van der Waals surface area contributed by atoms with Crippen molar-refractivity contribution in [1.82, 2.24) is 15.0 Å². The van der Waals surface area contributed by atoms with Crippen molar-refractivity contribution in [2.24, 2.45) is 0 Å². The molecule has 0 bridgehead atoms. The third-order valence-electron chi connectivity index (χ3n) is 5.01. The van der Waals surface area contributed by atoms with Crippen LogP contribution in [0.1, 0.15) is 26.4 Å². The number of fused-ring (bicyclic) bond motifs is 1. The summed E-state index contributed by atoms with van der Waals surface area (Å²) in [6.45, 7) is 0.0370. The van der Waals surface area contributed by atoms with Gasteiger partial charge in [-0.1, -0.05) is 42.5 Å². The van der Waals surface area contributed by atoms with E-state index in [1.807, 2.05) is 54.6 Å². The second kappa shape index (κ2) is 9.60. The highest BCUT2D eigenvalue weighted by Gasteiger charge is 2.20. The maximum absolute atomic E-state index is 12.8. The average Bonchev–Trinajstić information content (AvgIpc) is 3.32. The molecule has 0 spiro atoms. The molecule has 0 radical (unpaired) electrons. The van der Waals surface area contributed by atoms with Crippen LogP contribution in [0.15, 0.2) is 91.3 Å². The van der Waals surface area contributed by atoms with Gasteiger partial charge in [0.05, 0.1) is 10.2 Å². The summed E-state index contributed by atoms with van der Waals surface area (Å²) in [6, 6.07) is 23.8. The highest BCUT2D eigenvalue weighted by molar-refractivity contribution is 7.21. The molecule has 0 aliphatic carbocycles. The summed E-state index contributed by atoms with van der Waals surface area (Å²) in [7, 11) is 0. The van der Waals surface area contributed by atoms with E-state index >= 15 is 0 Å². The van der Waals surface area contributed by atoms with Crippen LogP contribution in [0.4, 0.5) is 5.69 Å². The number of carbonyl (C=O) groups excluding carboxylic acids is 2. The largest absolute Gasteiger partial charge is 0.456 e. The molecule has 7 nitrogen and oxygen atoms in total. The molecule has 5 aromatic rings. The predicted molar refractivity (Wildman–Crippen MR) is 131 cm³/mol. The number of nitrogens with one attached hydrogen (secondary N) is 1. The first-order valence-corrected chi connectivity index (χ1v) is 11.3. The number of rotatable bonds is 6. The van der Waals surface area contributed by atoms with Crippen molar-refractivity contribution in [3.63, 3.8) is 0 Å². The highest BCUT2D eigenvalue weighted by atomic mass is 32.1. The highest BCUT2D eigenvalue weighted by Crippen LogP contribution is 2.30. The first-order valence-electron chi connectivity index (χ1n) is 10.5. The van der Waals surface area contributed by atoms with Crippen molar-refractivity contribution in [1.29, 1.82) is 0 Å². The van der Waals surface area contributed by atoms with Crippen LogP contribution in [0, 0.1) is 0 Å². The van der Waals surface area contributed by atoms with Gasteiger partial charge < -0.3 is 10.1 Å². The first-order chi connectivity index (χ1) is 16.7. The first kappa shape index (κ1) is 21.4. The van der Waals surface area contributed by atoms with Crippen LogP contribution in [0.5, 0.6) is 0 Å². The smallest absolute Gasteiger partial charge is 0.359 e. The molecule has 34 heavy (non-hydrogen) atoms. The number of benzene rings is 3. The molecule has 1 amide bonds. The topological polar surface area (TPSA) is 94.1 Å². The van der Waals surface area contributed by atoms with E-state index in [4.69, 9.17) is 4.74 Å². The number of hydrogen-bond donors (Lipinski definition) is 1. The standard InChI is InChI=1S/C26H18N4O3S/c31-24(29-19-6-2-1-3-7-19)18-12-10-17(11-13-18)16-33-26(32)23-22(27-14-15-28-23)25-30-20-8-4-5-9-21(20)34-25/h1-15H,16H2,(H,29,31). The van der Waals surface area contributed by atoms with Crippen LogP contribution in [0.25, 0.3) is 20.9 Å². The molecule has 3 aromatic carbocycles. The van der Waals surface area contributed by atoms with Gasteiger partial charge in [-0.15, -0.1) is 11.3 Å². The molecule has 0 aliphatic heterocycles. The number of thiazole rings is 1. The van der Waals surface area contributed by atoms with Gasteiger partial charge in [0.15, 0.2) is 5.69 Å². The fourth-order valence-electron chi connectivity index (χ4n) is 3.31. The Morgan fingerprint density at radius 1 is 0.853 bits per heavy atom. The number of carbonyl (C=O) groups is 2. The van der Waals surface area contributed by atoms with Crippen LogP contribution >= 0.6 is 11.3 Å². The Morgan fingerprint density at radius 2 is 1.59 bits per heavy atom. The third kappa shape index (κ3) is 4.67. The minimum absolute atomic E-state index is 0.0370. The molecule has 8 heteroatoms. The molecule has 166 valence electrons. The molecule has 0 saturated carbocycles. The zero-order valence-electron chi connectivity index (χ0n) is 17.8. The molecule has 2 aromatic heterocycles. The van der Waals surface area contributed by atoms with Crippen molar-refractivity contribution in [3.05, 3.63) is 108 Å². The number of aromatic nitrogens is 3. The summed E-state index contributed by atoms with van der Waals surface area (Å²) in [5.74, 6) is -0.803. The maximum Gasteiger partial charge on any atom is 0.359 e. The molecule has 0 atom stereocenters. The Hall–Kier alpha value is -4.43. The van der Waals surface area contributed by atoms with Crippen molar-refractivity contribution >= 4 is 39.1 Å². The van der Waals surface area contributed by atoms with Crippen LogP contribution in [0.3, 0.4) is 0 Å². The second-order valence-corrected chi connectivity index (χ2v) is 8.36. The molecule has 0 fully saturated rings. The van der Waals surface area contributed by atoms with E-state index in [9.17, 15) is 9.59 Å². The molecule has 0 saturated heterocycles. The Bertz CT molecular complexity index is 1430. The number of amides is 1. The predicted octanol–water partition coefficient (Wildman–Crippen LogP) is 5.36. The van der Waals surface area contributed by atoms with Gasteiger partial charge in [0.25, 0.3) is 5.91 Å². The van der Waals surface area contributed by atoms with E-state index < -0.39 is 5.97 Å². The molecular formula is C26H18N4O3S. The van der Waals surface area contributed by atoms with Gasteiger partial charge >= 0.3 is 5.97 Å². The summed E-state index contributed by atoms with van der Waals surface area (Å²) in [5.41, 5.74) is 3.31. The summed E-state index contributed by atoms with van der Waals surface area (Å²) in [4.78, 5) is 38.3. The number of anilines is 1. The SMILES string of the molecule is O=C(Nc1ccccc1)c1ccc(COC(=O)c2nccnc2-c2nc3ccccc3s2)cc1. The van der Waals surface area contributed by atoms with E-state index in [2.05, 4.69) is 20.3 Å². The van der Waals surface area contributed by atoms with Crippen LogP contribution in [-0.2, 0) is 11.3 Å². The number of ether oxygens (including phenoxy) is 1. The maximum atomic E-state index is 12.8. The summed E-state index contributed by atoms with van der Waals surface area (Å²) >= 11 is 1.44. The van der Waals surface area contributed by atoms with Crippen molar-refractivity contribution < 1.29 is 14.3 Å². The van der Waals surface area contributed by atoms with Gasteiger partial charge in [0, 0.05) is 23.6 Å². The Balaban J connectivity index is 1.26. The van der Waals surface area contributed by atoms with Gasteiger partial charge in [0.1, 0.15) is 17.3 Å². The molecule has 0 unspecified atom stereocenters. The fraction of sp³-hybridized carbons (Fsp3) is 0.0385. The molecule has 5 rings (SSSR count). The molecule has 1 N–H and O–H groups in total. The monoisotopic (exact) mass is 466 g/mol. The lowest BCUT2D eigenvalue weighted by molar-refractivity contribution is 0.0466. The normalized spacial score (nSPS) is 10.7. The minimum atomic E-state index is -0.590. The Morgan fingerprint density at radius 3 is 2.38 bits per heavy atom. The van der Waals surface area contributed by atoms with E-state index in [-0.39, 0.29) is 18.2 Å². The van der Waals surface area contributed by atoms with Crippen molar-refractivity contribution in [2.45, 2.75) is 6.61 Å². The summed E-state index contributed by atoms with van der Waals surface area (Å²) < 4.78 is 6.48. The summed E-state index contributed by atoms with van der Waals surface area (Å²) in [6.07, 6.45) is 2.98. The summed E-state index contributed by atoms with van der Waals surface area (Å²) in [5, 5.41) is 3.44. The second-order valence-electron chi connectivity index (χ2n) is 7.33. The quantitative estimate of drug-likeness (QED) is 0.339. The minimum Gasteiger partial charge on any atom is -0.456 e. The Labute approximate surface area is 199 Å². The molecule has 2 heterocycles. The van der Waals surface area contributed by atoms with Gasteiger partial charge in [-0.2, -0.15) is 0 Å². The van der Waals surface area contributed by atoms with Crippen LogP contribution in [-0.4, -0.2) is 26.8 Å². The number of nitrogens with zero attached hydrogens (tertiary/aromatic N) is 3. The zero-order chi connectivity index (χ0) is 23.3. The number of hydrogen-bond acceptors (Lipinski definition) is 7. The number of esters is 1. The van der Waals surface area contributed by atoms with Gasteiger partial charge in [-0.05, 0) is 42.0 Å². The van der Waals surface area contributed by atoms with E-state index in [0.717, 1.165) is 21.5 Å². The zero-order valence-corrected chi connectivity index (χ0v) is 18.7. The average molecular weight is 467 g/mol. The lowest BCUT2D eigenvalue weighted by atomic mass is 10.1. The van der Waals surface area contributed by atoms with Gasteiger partial charge in [0.2, 0.25) is 0 Å². The number of para-hydroxylation sites is 2. The van der Waals surface area contributed by atoms with Crippen LogP contribution < -0.4 is 5.32 Å². The van der Waals surface area contributed by atoms with Crippen LogP contribution in [0.2, 0.25) is 0 Å². The molecular weight excluding hydrogens is 448 g/mol. The Kier molecular flexibility index (Phi) is 6.05.